The van der Waals surface area contributed by atoms with Crippen LogP contribution in [0.25, 0.3) is 0 Å². The van der Waals surface area contributed by atoms with Crippen LogP contribution in [0.15, 0.2) is 24.3 Å². The SMILES string of the molecule is COC(=O)c1ccc(C(=[Se])N(C)C)cc1. The molecule has 1 aromatic carbocycles. The molecule has 0 saturated heterocycles. The van der Waals surface area contributed by atoms with E-state index < -0.39 is 0 Å². The second-order valence-electron chi connectivity index (χ2n) is 3.27. The summed E-state index contributed by atoms with van der Waals surface area (Å²) in [5.74, 6) is -0.312. The maximum absolute atomic E-state index is 11.2. The first-order valence-electron chi connectivity index (χ1n) is 4.46. The van der Waals surface area contributed by atoms with Crippen LogP contribution in [0.4, 0.5) is 0 Å². The van der Waals surface area contributed by atoms with E-state index >= 15 is 0 Å². The number of hydrogen-bond donors (Lipinski definition) is 0. The van der Waals surface area contributed by atoms with E-state index in [4.69, 9.17) is 0 Å². The van der Waals surface area contributed by atoms with E-state index in [1.54, 1.807) is 12.1 Å². The number of ether oxygens (including phenoxy) is 1. The third-order valence-corrected chi connectivity index (χ3v) is 3.22. The summed E-state index contributed by atoms with van der Waals surface area (Å²) >= 11 is 2.98. The number of rotatable bonds is 3. The van der Waals surface area contributed by atoms with Crippen molar-refractivity contribution >= 4 is 26.1 Å². The number of carbonyl (C=O) groups is 1. The summed E-state index contributed by atoms with van der Waals surface area (Å²) in [6.07, 6.45) is 0. The molecule has 1 aromatic rings. The molecule has 0 spiro atoms. The van der Waals surface area contributed by atoms with Gasteiger partial charge < -0.3 is 0 Å². The van der Waals surface area contributed by atoms with Crippen LogP contribution < -0.4 is 0 Å². The molecule has 0 N–H and O–H groups in total. The van der Waals surface area contributed by atoms with Crippen molar-refractivity contribution in [1.82, 2.24) is 4.90 Å². The van der Waals surface area contributed by atoms with Gasteiger partial charge in [-0.1, -0.05) is 0 Å². The monoisotopic (exact) mass is 271 g/mol. The predicted octanol–water partition coefficient (Wildman–Crippen LogP) is 0.681. The molecule has 0 amide bonds. The maximum atomic E-state index is 11.2. The Bertz CT molecular complexity index is 371. The molecule has 0 aromatic heterocycles. The summed E-state index contributed by atoms with van der Waals surface area (Å²) in [7, 11) is 5.29. The van der Waals surface area contributed by atoms with Crippen molar-refractivity contribution in [3.8, 4) is 0 Å². The van der Waals surface area contributed by atoms with Gasteiger partial charge in [0.2, 0.25) is 0 Å². The number of hydrogen-bond acceptors (Lipinski definition) is 3. The van der Waals surface area contributed by atoms with Gasteiger partial charge in [-0.15, -0.1) is 0 Å². The van der Waals surface area contributed by atoms with E-state index in [1.165, 1.54) is 7.11 Å². The van der Waals surface area contributed by atoms with Gasteiger partial charge >= 0.3 is 97.1 Å². The van der Waals surface area contributed by atoms with E-state index in [2.05, 4.69) is 20.3 Å². The van der Waals surface area contributed by atoms with Crippen molar-refractivity contribution < 1.29 is 9.53 Å². The number of esters is 1. The van der Waals surface area contributed by atoms with Gasteiger partial charge in [0, 0.05) is 0 Å². The number of methoxy groups -OCH3 is 1. The Hall–Kier alpha value is -1.12. The zero-order valence-corrected chi connectivity index (χ0v) is 10.7. The Morgan fingerprint density at radius 1 is 1.20 bits per heavy atom. The number of benzene rings is 1. The van der Waals surface area contributed by atoms with Gasteiger partial charge in [-0.25, -0.2) is 0 Å². The first-order chi connectivity index (χ1) is 7.06. The van der Waals surface area contributed by atoms with Crippen LogP contribution in [-0.4, -0.2) is 52.2 Å². The van der Waals surface area contributed by atoms with Crippen molar-refractivity contribution in [2.75, 3.05) is 21.2 Å². The quantitative estimate of drug-likeness (QED) is 0.597. The molecule has 0 bridgehead atoms. The molecule has 0 aliphatic heterocycles. The third kappa shape index (κ3) is 2.91. The fourth-order valence-electron chi connectivity index (χ4n) is 1.12. The normalized spacial score (nSPS) is 9.53. The van der Waals surface area contributed by atoms with Crippen molar-refractivity contribution in [2.24, 2.45) is 0 Å². The summed E-state index contributed by atoms with van der Waals surface area (Å²) in [4.78, 5) is 13.2. The second-order valence-corrected chi connectivity index (χ2v) is 4.08. The number of nitrogens with zero attached hydrogens (tertiary/aromatic N) is 1. The van der Waals surface area contributed by atoms with Crippen LogP contribution in [0.3, 0.4) is 0 Å². The molecule has 0 saturated carbocycles. The molecule has 3 nitrogen and oxygen atoms in total. The van der Waals surface area contributed by atoms with Crippen LogP contribution in [-0.2, 0) is 4.74 Å². The molecular weight excluding hydrogens is 257 g/mol. The standard InChI is InChI=1S/C11H13NO2Se/c1-12(2)10(15)8-4-6-9(7-5-8)11(13)14-3/h4-7H,1-3H3. The topological polar surface area (TPSA) is 29.5 Å². The van der Waals surface area contributed by atoms with Crippen molar-refractivity contribution in [2.45, 2.75) is 0 Å². The van der Waals surface area contributed by atoms with Gasteiger partial charge in [-0.05, 0) is 0 Å². The van der Waals surface area contributed by atoms with Crippen molar-refractivity contribution in [1.29, 1.82) is 0 Å². The fraction of sp³-hybridized carbons (Fsp3) is 0.273. The van der Waals surface area contributed by atoms with Gasteiger partial charge in [0.25, 0.3) is 0 Å². The minimum absolute atomic E-state index is 0.312. The zero-order valence-electron chi connectivity index (χ0n) is 8.98. The Labute approximate surface area is 97.4 Å². The average molecular weight is 270 g/mol. The Kier molecular flexibility index (Phi) is 4.06. The van der Waals surface area contributed by atoms with E-state index in [0.717, 1.165) is 10.1 Å². The zero-order chi connectivity index (χ0) is 11.4. The molecule has 80 valence electrons. The average Bonchev–Trinajstić information content (AvgIpc) is 2.27. The molecule has 0 fully saturated rings. The van der Waals surface area contributed by atoms with Gasteiger partial charge in [-0.3, -0.25) is 0 Å². The summed E-state index contributed by atoms with van der Waals surface area (Å²) in [5.41, 5.74) is 1.61. The molecule has 0 radical (unpaired) electrons. The molecule has 0 aliphatic rings. The third-order valence-electron chi connectivity index (χ3n) is 1.96. The van der Waals surface area contributed by atoms with Crippen molar-refractivity contribution in [3.63, 3.8) is 0 Å². The fourth-order valence-corrected chi connectivity index (χ4v) is 1.41. The van der Waals surface area contributed by atoms with Gasteiger partial charge in [0.15, 0.2) is 0 Å². The molecule has 0 atom stereocenters. The van der Waals surface area contributed by atoms with Crippen molar-refractivity contribution in [3.05, 3.63) is 35.4 Å². The molecule has 15 heavy (non-hydrogen) atoms. The van der Waals surface area contributed by atoms with E-state index in [-0.39, 0.29) is 5.97 Å². The van der Waals surface area contributed by atoms with Crippen LogP contribution in [0.2, 0.25) is 0 Å². The summed E-state index contributed by atoms with van der Waals surface area (Å²) in [5, 5.41) is 0. The molecule has 1 rings (SSSR count). The predicted molar refractivity (Wildman–Crippen MR) is 61.3 cm³/mol. The van der Waals surface area contributed by atoms with Crippen LogP contribution in [0.1, 0.15) is 15.9 Å². The molecular formula is C11H13NO2Se. The second kappa shape index (κ2) is 5.10. The van der Waals surface area contributed by atoms with E-state index in [1.807, 2.05) is 31.1 Å². The molecule has 0 aliphatic carbocycles. The van der Waals surface area contributed by atoms with Gasteiger partial charge in [0.05, 0.1) is 0 Å². The van der Waals surface area contributed by atoms with Crippen LogP contribution in [0, 0.1) is 0 Å². The Balaban J connectivity index is 2.90. The first kappa shape index (κ1) is 12.0. The molecule has 0 unspecified atom stereocenters. The van der Waals surface area contributed by atoms with Crippen LogP contribution in [0.5, 0.6) is 0 Å². The Morgan fingerprint density at radius 3 is 2.07 bits per heavy atom. The number of carbonyl (C=O) groups excluding carboxylic acids is 1. The van der Waals surface area contributed by atoms with Crippen LogP contribution >= 0.6 is 0 Å². The van der Waals surface area contributed by atoms with E-state index in [0.29, 0.717) is 5.56 Å². The Morgan fingerprint density at radius 2 is 1.67 bits per heavy atom. The van der Waals surface area contributed by atoms with Gasteiger partial charge in [0.1, 0.15) is 0 Å². The first-order valence-corrected chi connectivity index (χ1v) is 5.32. The molecule has 4 heteroatoms. The van der Waals surface area contributed by atoms with Gasteiger partial charge in [-0.2, -0.15) is 0 Å². The summed E-state index contributed by atoms with van der Waals surface area (Å²) in [6.45, 7) is 0. The molecule has 0 heterocycles. The van der Waals surface area contributed by atoms with E-state index in [9.17, 15) is 4.79 Å². The summed E-state index contributed by atoms with van der Waals surface area (Å²) < 4.78 is 5.65. The summed E-state index contributed by atoms with van der Waals surface area (Å²) in [6, 6.07) is 7.28. The minimum atomic E-state index is -0.312.